The zero-order valence-corrected chi connectivity index (χ0v) is 12.5. The van der Waals surface area contributed by atoms with Crippen molar-refractivity contribution < 1.29 is 19.8 Å². The predicted octanol–water partition coefficient (Wildman–Crippen LogP) is 1.95. The number of fused-ring (bicyclic) bond motifs is 1. The van der Waals surface area contributed by atoms with Crippen LogP contribution in [0.2, 0.25) is 0 Å². The summed E-state index contributed by atoms with van der Waals surface area (Å²) in [5.41, 5.74) is 0.569. The highest BCUT2D eigenvalue weighted by atomic mass is 16.4. The number of carboxylic acids is 1. The lowest BCUT2D eigenvalue weighted by atomic mass is 10.0. The quantitative estimate of drug-likeness (QED) is 0.784. The minimum Gasteiger partial charge on any atom is -0.505 e. The Bertz CT molecular complexity index is 725. The van der Waals surface area contributed by atoms with Gasteiger partial charge >= 0.3 is 5.97 Å². The number of aromatic nitrogens is 1. The number of rotatable bonds is 5. The minimum atomic E-state index is -1.16. The third kappa shape index (κ3) is 3.33. The second kappa shape index (κ2) is 6.43. The number of benzene rings is 1. The second-order valence-corrected chi connectivity index (χ2v) is 5.48. The molecule has 1 aromatic heterocycles. The lowest BCUT2D eigenvalue weighted by molar-refractivity contribution is -0.135. The van der Waals surface area contributed by atoms with Crippen LogP contribution >= 0.6 is 0 Å². The number of amides is 1. The monoisotopic (exact) mass is 302 g/mol. The van der Waals surface area contributed by atoms with Gasteiger partial charge in [0.05, 0.1) is 0 Å². The average Bonchev–Trinajstić information content (AvgIpc) is 2.47. The summed E-state index contributed by atoms with van der Waals surface area (Å²) < 4.78 is 0. The molecule has 1 aromatic carbocycles. The maximum atomic E-state index is 12.1. The molecule has 2 aromatic rings. The molecule has 0 saturated carbocycles. The van der Waals surface area contributed by atoms with Gasteiger partial charge < -0.3 is 15.5 Å². The molecule has 0 radical (unpaired) electrons. The molecule has 0 spiro atoms. The fraction of sp³-hybridized carbons (Fsp3) is 0.312. The predicted molar refractivity (Wildman–Crippen MR) is 81.9 cm³/mol. The number of hydrogen-bond donors (Lipinski definition) is 3. The van der Waals surface area contributed by atoms with Gasteiger partial charge in [0.1, 0.15) is 6.54 Å². The Kier molecular flexibility index (Phi) is 4.60. The van der Waals surface area contributed by atoms with Crippen LogP contribution in [0.1, 0.15) is 30.0 Å². The molecule has 0 aliphatic carbocycles. The Morgan fingerprint density at radius 1 is 1.23 bits per heavy atom. The van der Waals surface area contributed by atoms with Crippen LogP contribution in [0.25, 0.3) is 10.8 Å². The Balaban J connectivity index is 2.52. The largest absolute Gasteiger partial charge is 0.505 e. The zero-order valence-electron chi connectivity index (χ0n) is 12.5. The number of carbonyl (C=O) groups is 2. The molecule has 0 bridgehead atoms. The van der Waals surface area contributed by atoms with Crippen molar-refractivity contribution in [2.75, 3.05) is 6.54 Å². The first-order chi connectivity index (χ1) is 10.4. The van der Waals surface area contributed by atoms with Gasteiger partial charge in [0.15, 0.2) is 11.4 Å². The number of carbonyl (C=O) groups excluding carboxylic acids is 1. The number of nitrogens with one attached hydrogen (secondary N) is 1. The van der Waals surface area contributed by atoms with Crippen LogP contribution in [0, 0.1) is 5.92 Å². The Labute approximate surface area is 127 Å². The topological polar surface area (TPSA) is 99.5 Å². The van der Waals surface area contributed by atoms with Crippen LogP contribution in [0.5, 0.6) is 5.75 Å². The van der Waals surface area contributed by atoms with E-state index >= 15 is 0 Å². The molecule has 6 heteroatoms. The van der Waals surface area contributed by atoms with E-state index in [1.807, 2.05) is 26.0 Å². The highest BCUT2D eigenvalue weighted by Crippen LogP contribution is 2.30. The molecule has 1 heterocycles. The lowest BCUT2D eigenvalue weighted by Crippen LogP contribution is -2.30. The van der Waals surface area contributed by atoms with E-state index in [0.29, 0.717) is 23.4 Å². The highest BCUT2D eigenvalue weighted by molar-refractivity contribution is 6.03. The fourth-order valence-corrected chi connectivity index (χ4v) is 2.26. The molecule has 116 valence electrons. The maximum absolute atomic E-state index is 12.1. The van der Waals surface area contributed by atoms with E-state index in [-0.39, 0.29) is 11.4 Å². The van der Waals surface area contributed by atoms with E-state index in [4.69, 9.17) is 5.11 Å². The van der Waals surface area contributed by atoms with Gasteiger partial charge in [0.25, 0.3) is 5.91 Å². The van der Waals surface area contributed by atoms with Crippen molar-refractivity contribution in [1.82, 2.24) is 10.3 Å². The molecule has 1 amide bonds. The summed E-state index contributed by atoms with van der Waals surface area (Å²) in [4.78, 5) is 26.9. The van der Waals surface area contributed by atoms with Gasteiger partial charge in [-0.25, -0.2) is 4.98 Å². The molecule has 0 saturated heterocycles. The summed E-state index contributed by atoms with van der Waals surface area (Å²) in [6.45, 7) is 3.55. The molecule has 0 atom stereocenters. The summed E-state index contributed by atoms with van der Waals surface area (Å²) in [5.74, 6) is -1.76. The van der Waals surface area contributed by atoms with Gasteiger partial charge in [0, 0.05) is 16.5 Å². The molecular weight excluding hydrogens is 284 g/mol. The van der Waals surface area contributed by atoms with E-state index in [1.165, 1.54) is 0 Å². The van der Waals surface area contributed by atoms with Crippen LogP contribution in [0.15, 0.2) is 24.3 Å². The van der Waals surface area contributed by atoms with Gasteiger partial charge in [-0.1, -0.05) is 38.1 Å². The molecular formula is C16H18N2O4. The van der Waals surface area contributed by atoms with Crippen molar-refractivity contribution in [2.45, 2.75) is 20.3 Å². The molecule has 6 nitrogen and oxygen atoms in total. The third-order valence-corrected chi connectivity index (χ3v) is 3.18. The van der Waals surface area contributed by atoms with Gasteiger partial charge in [-0.15, -0.1) is 0 Å². The molecule has 0 unspecified atom stereocenters. The van der Waals surface area contributed by atoms with Crippen molar-refractivity contribution in [3.8, 4) is 5.75 Å². The lowest BCUT2D eigenvalue weighted by Gasteiger charge is -2.13. The Morgan fingerprint density at radius 2 is 1.86 bits per heavy atom. The number of nitrogens with zero attached hydrogens (tertiary/aromatic N) is 1. The first-order valence-electron chi connectivity index (χ1n) is 7.00. The van der Waals surface area contributed by atoms with E-state index in [0.717, 1.165) is 5.39 Å². The average molecular weight is 302 g/mol. The highest BCUT2D eigenvalue weighted by Gasteiger charge is 2.19. The fourth-order valence-electron chi connectivity index (χ4n) is 2.26. The van der Waals surface area contributed by atoms with Crippen molar-refractivity contribution in [2.24, 2.45) is 5.92 Å². The van der Waals surface area contributed by atoms with Crippen LogP contribution < -0.4 is 5.32 Å². The van der Waals surface area contributed by atoms with E-state index in [2.05, 4.69) is 10.3 Å². The van der Waals surface area contributed by atoms with E-state index in [9.17, 15) is 14.7 Å². The normalized spacial score (nSPS) is 10.9. The third-order valence-electron chi connectivity index (χ3n) is 3.18. The van der Waals surface area contributed by atoms with Crippen LogP contribution in [0.4, 0.5) is 0 Å². The Morgan fingerprint density at radius 3 is 2.45 bits per heavy atom. The van der Waals surface area contributed by atoms with Gasteiger partial charge in [-0.05, 0) is 12.3 Å². The second-order valence-electron chi connectivity index (χ2n) is 5.48. The molecule has 0 fully saturated rings. The number of carboxylic acid groups (broad SMARTS) is 1. The minimum absolute atomic E-state index is 0.143. The number of aromatic hydroxyl groups is 1. The standard InChI is InChI=1S/C16H18N2O4/c1-9(2)7-12-10-5-3-4-6-11(10)15(21)14(18-12)16(22)17-8-13(19)20/h3-6,9,21H,7-8H2,1-2H3,(H,17,22)(H,19,20). The van der Waals surface area contributed by atoms with Crippen molar-refractivity contribution >= 4 is 22.6 Å². The molecule has 3 N–H and O–H groups in total. The smallest absolute Gasteiger partial charge is 0.322 e. The van der Waals surface area contributed by atoms with Crippen molar-refractivity contribution in [3.05, 3.63) is 35.7 Å². The first-order valence-corrected chi connectivity index (χ1v) is 7.00. The summed E-state index contributed by atoms with van der Waals surface area (Å²) in [6, 6.07) is 7.17. The van der Waals surface area contributed by atoms with Crippen molar-refractivity contribution in [1.29, 1.82) is 0 Å². The summed E-state index contributed by atoms with van der Waals surface area (Å²) >= 11 is 0. The van der Waals surface area contributed by atoms with Crippen LogP contribution in [-0.4, -0.2) is 33.6 Å². The summed E-state index contributed by atoms with van der Waals surface area (Å²) in [5, 5.41) is 22.5. The number of aliphatic carboxylic acids is 1. The van der Waals surface area contributed by atoms with Gasteiger partial charge in [0.2, 0.25) is 0 Å². The van der Waals surface area contributed by atoms with Crippen LogP contribution in [0.3, 0.4) is 0 Å². The first kappa shape index (κ1) is 15.8. The van der Waals surface area contributed by atoms with Crippen LogP contribution in [-0.2, 0) is 11.2 Å². The Hall–Kier alpha value is -2.63. The van der Waals surface area contributed by atoms with E-state index < -0.39 is 18.4 Å². The summed E-state index contributed by atoms with van der Waals surface area (Å²) in [7, 11) is 0. The van der Waals surface area contributed by atoms with E-state index in [1.54, 1.807) is 12.1 Å². The van der Waals surface area contributed by atoms with Gasteiger partial charge in [-0.3, -0.25) is 9.59 Å². The maximum Gasteiger partial charge on any atom is 0.322 e. The number of hydrogen-bond acceptors (Lipinski definition) is 4. The molecule has 0 aliphatic rings. The number of pyridine rings is 1. The SMILES string of the molecule is CC(C)Cc1nc(C(=O)NCC(=O)O)c(O)c2ccccc12. The molecule has 0 aliphatic heterocycles. The zero-order chi connectivity index (χ0) is 16.3. The van der Waals surface area contributed by atoms with Crippen molar-refractivity contribution in [3.63, 3.8) is 0 Å². The summed E-state index contributed by atoms with van der Waals surface area (Å²) in [6.07, 6.45) is 0.653. The molecule has 22 heavy (non-hydrogen) atoms. The molecule has 2 rings (SSSR count). The van der Waals surface area contributed by atoms with Gasteiger partial charge in [-0.2, -0.15) is 0 Å².